The van der Waals surface area contributed by atoms with Gasteiger partial charge < -0.3 is 10.4 Å². The van der Waals surface area contributed by atoms with Crippen molar-refractivity contribution in [2.45, 2.75) is 12.8 Å². The third kappa shape index (κ3) is 2.62. The molecule has 0 aromatic rings. The van der Waals surface area contributed by atoms with Crippen molar-refractivity contribution >= 4 is 11.6 Å². The molecule has 1 aliphatic rings. The Morgan fingerprint density at radius 1 is 1.45 bits per heavy atom. The highest BCUT2D eigenvalue weighted by Crippen LogP contribution is 2.22. The van der Waals surface area contributed by atoms with Gasteiger partial charge in [-0.2, -0.15) is 0 Å². The molecular weight excluding hydrogens is 162 g/mol. The van der Waals surface area contributed by atoms with E-state index in [2.05, 4.69) is 5.32 Å². The molecule has 0 spiro atoms. The molecule has 0 saturated carbocycles. The van der Waals surface area contributed by atoms with Gasteiger partial charge >= 0.3 is 0 Å². The minimum atomic E-state index is 0.244. The van der Waals surface area contributed by atoms with Gasteiger partial charge in [-0.25, -0.2) is 0 Å². The van der Waals surface area contributed by atoms with E-state index in [4.69, 9.17) is 16.7 Å². The van der Waals surface area contributed by atoms with Crippen molar-refractivity contribution in [1.82, 2.24) is 5.32 Å². The highest BCUT2D eigenvalue weighted by atomic mass is 35.5. The quantitative estimate of drug-likeness (QED) is 0.627. The molecule has 1 unspecified atom stereocenters. The summed E-state index contributed by atoms with van der Waals surface area (Å²) in [6.45, 7) is 2.41. The Morgan fingerprint density at radius 3 is 2.55 bits per heavy atom. The maximum absolute atomic E-state index is 8.97. The number of halogens is 1. The molecule has 1 heterocycles. The second kappa shape index (κ2) is 4.96. The largest absolute Gasteiger partial charge is 0.396 e. The van der Waals surface area contributed by atoms with Crippen LogP contribution < -0.4 is 5.32 Å². The number of alkyl halides is 1. The van der Waals surface area contributed by atoms with Crippen molar-refractivity contribution in [1.29, 1.82) is 0 Å². The van der Waals surface area contributed by atoms with Gasteiger partial charge in [0.2, 0.25) is 0 Å². The van der Waals surface area contributed by atoms with E-state index in [0.717, 1.165) is 25.9 Å². The van der Waals surface area contributed by atoms with E-state index in [9.17, 15) is 0 Å². The summed E-state index contributed by atoms with van der Waals surface area (Å²) in [5, 5.41) is 12.3. The van der Waals surface area contributed by atoms with Crippen LogP contribution in [0.3, 0.4) is 0 Å². The van der Waals surface area contributed by atoms with E-state index >= 15 is 0 Å². The van der Waals surface area contributed by atoms with Gasteiger partial charge in [-0.1, -0.05) is 0 Å². The van der Waals surface area contributed by atoms with E-state index in [-0.39, 0.29) is 6.61 Å². The van der Waals surface area contributed by atoms with Gasteiger partial charge in [0.1, 0.15) is 0 Å². The van der Waals surface area contributed by atoms with E-state index < -0.39 is 0 Å². The lowest BCUT2D eigenvalue weighted by Gasteiger charge is -2.27. The molecule has 0 aromatic carbocycles. The fourth-order valence-electron chi connectivity index (χ4n) is 1.64. The van der Waals surface area contributed by atoms with Crippen molar-refractivity contribution < 1.29 is 5.11 Å². The fraction of sp³-hybridized carbons (Fsp3) is 1.00. The number of piperidine rings is 1. The monoisotopic (exact) mass is 177 g/mol. The summed E-state index contributed by atoms with van der Waals surface area (Å²) in [4.78, 5) is 0. The van der Waals surface area contributed by atoms with E-state index in [1.54, 1.807) is 0 Å². The van der Waals surface area contributed by atoms with Gasteiger partial charge in [-0.3, -0.25) is 0 Å². The predicted octanol–water partition coefficient (Wildman–Crippen LogP) is 0.833. The van der Waals surface area contributed by atoms with Gasteiger partial charge in [0.15, 0.2) is 0 Å². The standard InChI is InChI=1S/C8H16ClNO/c9-5-8(6-11)7-1-3-10-4-2-7/h7-8,10-11H,1-6H2. The lowest BCUT2D eigenvalue weighted by Crippen LogP contribution is -2.33. The first-order chi connectivity index (χ1) is 5.38. The van der Waals surface area contributed by atoms with E-state index in [1.165, 1.54) is 0 Å². The number of nitrogens with one attached hydrogen (secondary N) is 1. The number of rotatable bonds is 3. The molecule has 2 nitrogen and oxygen atoms in total. The Balaban J connectivity index is 2.30. The minimum absolute atomic E-state index is 0.244. The van der Waals surface area contributed by atoms with Gasteiger partial charge in [-0.05, 0) is 37.8 Å². The average Bonchev–Trinajstić information content (AvgIpc) is 2.09. The SMILES string of the molecule is OCC(CCl)C1CCNCC1. The minimum Gasteiger partial charge on any atom is -0.396 e. The smallest absolute Gasteiger partial charge is 0.0473 e. The molecule has 1 fully saturated rings. The van der Waals surface area contributed by atoms with E-state index in [0.29, 0.717) is 17.7 Å². The summed E-state index contributed by atoms with van der Waals surface area (Å²) in [7, 11) is 0. The summed E-state index contributed by atoms with van der Waals surface area (Å²) in [5.74, 6) is 1.55. The van der Waals surface area contributed by atoms with Crippen LogP contribution in [0.25, 0.3) is 0 Å². The molecule has 0 aromatic heterocycles. The Hall–Kier alpha value is 0.210. The fourth-order valence-corrected chi connectivity index (χ4v) is 1.99. The zero-order chi connectivity index (χ0) is 8.10. The lowest BCUT2D eigenvalue weighted by atomic mass is 9.86. The zero-order valence-corrected chi connectivity index (χ0v) is 7.48. The first kappa shape index (κ1) is 9.30. The van der Waals surface area contributed by atoms with Gasteiger partial charge in [0, 0.05) is 12.5 Å². The summed E-state index contributed by atoms with van der Waals surface area (Å²) in [5.41, 5.74) is 0. The first-order valence-corrected chi connectivity index (χ1v) is 4.79. The summed E-state index contributed by atoms with van der Waals surface area (Å²) in [6.07, 6.45) is 2.33. The first-order valence-electron chi connectivity index (χ1n) is 4.26. The van der Waals surface area contributed by atoms with Crippen LogP contribution in [0, 0.1) is 11.8 Å². The summed E-state index contributed by atoms with van der Waals surface area (Å²) in [6, 6.07) is 0. The molecule has 3 heteroatoms. The third-order valence-electron chi connectivity index (χ3n) is 2.48. The second-order valence-electron chi connectivity index (χ2n) is 3.18. The molecule has 1 rings (SSSR count). The van der Waals surface area contributed by atoms with Crippen LogP contribution in [-0.4, -0.2) is 30.7 Å². The van der Waals surface area contributed by atoms with Crippen LogP contribution in [0.5, 0.6) is 0 Å². The Kier molecular flexibility index (Phi) is 4.20. The van der Waals surface area contributed by atoms with Crippen molar-refractivity contribution in [3.8, 4) is 0 Å². The Bertz CT molecular complexity index is 100. The van der Waals surface area contributed by atoms with Gasteiger partial charge in [-0.15, -0.1) is 11.6 Å². The summed E-state index contributed by atoms with van der Waals surface area (Å²) >= 11 is 5.72. The highest BCUT2D eigenvalue weighted by Gasteiger charge is 2.21. The zero-order valence-electron chi connectivity index (χ0n) is 6.72. The van der Waals surface area contributed by atoms with Gasteiger partial charge in [0.05, 0.1) is 0 Å². The molecule has 1 atom stereocenters. The van der Waals surface area contributed by atoms with Crippen LogP contribution in [0.2, 0.25) is 0 Å². The molecule has 0 amide bonds. The normalized spacial score (nSPS) is 23.5. The average molecular weight is 178 g/mol. The Labute approximate surface area is 72.9 Å². The topological polar surface area (TPSA) is 32.3 Å². The molecule has 1 aliphatic heterocycles. The molecule has 0 bridgehead atoms. The number of aliphatic hydroxyl groups is 1. The molecule has 0 radical (unpaired) electrons. The van der Waals surface area contributed by atoms with Crippen molar-refractivity contribution in [3.63, 3.8) is 0 Å². The molecule has 0 aliphatic carbocycles. The maximum Gasteiger partial charge on any atom is 0.0473 e. The highest BCUT2D eigenvalue weighted by molar-refractivity contribution is 6.18. The molecule has 1 saturated heterocycles. The third-order valence-corrected chi connectivity index (χ3v) is 2.88. The van der Waals surface area contributed by atoms with Gasteiger partial charge in [0.25, 0.3) is 0 Å². The number of hydrogen-bond acceptors (Lipinski definition) is 2. The van der Waals surface area contributed by atoms with Crippen LogP contribution in [-0.2, 0) is 0 Å². The van der Waals surface area contributed by atoms with Crippen molar-refractivity contribution in [3.05, 3.63) is 0 Å². The van der Waals surface area contributed by atoms with E-state index in [1.807, 2.05) is 0 Å². The molecule has 2 N–H and O–H groups in total. The summed E-state index contributed by atoms with van der Waals surface area (Å²) < 4.78 is 0. The molecular formula is C8H16ClNO. The maximum atomic E-state index is 8.97. The molecule has 66 valence electrons. The van der Waals surface area contributed by atoms with Crippen LogP contribution >= 0.6 is 11.6 Å². The Morgan fingerprint density at radius 2 is 2.09 bits per heavy atom. The second-order valence-corrected chi connectivity index (χ2v) is 3.49. The lowest BCUT2D eigenvalue weighted by molar-refractivity contribution is 0.167. The van der Waals surface area contributed by atoms with Crippen LogP contribution in [0.1, 0.15) is 12.8 Å². The van der Waals surface area contributed by atoms with Crippen molar-refractivity contribution in [2.75, 3.05) is 25.6 Å². The number of hydrogen-bond donors (Lipinski definition) is 2. The van der Waals surface area contributed by atoms with Crippen LogP contribution in [0.15, 0.2) is 0 Å². The molecule has 11 heavy (non-hydrogen) atoms. The predicted molar refractivity (Wildman–Crippen MR) is 46.9 cm³/mol. The number of aliphatic hydroxyl groups excluding tert-OH is 1. The van der Waals surface area contributed by atoms with Crippen molar-refractivity contribution in [2.24, 2.45) is 11.8 Å². The van der Waals surface area contributed by atoms with Crippen LogP contribution in [0.4, 0.5) is 0 Å².